The maximum Gasteiger partial charge on any atom is 0.205 e. The van der Waals surface area contributed by atoms with Crippen molar-refractivity contribution < 1.29 is 13.2 Å². The van der Waals surface area contributed by atoms with Gasteiger partial charge in [0.1, 0.15) is 0 Å². The fourth-order valence-electron chi connectivity index (χ4n) is 3.72. The highest BCUT2D eigenvalue weighted by atomic mass is 32.2. The molecule has 1 unspecified atom stereocenters. The number of para-hydroxylation sites is 1. The minimum absolute atomic E-state index is 0.164. The fraction of sp³-hybridized carbons (Fsp3) is 0.150. The summed E-state index contributed by atoms with van der Waals surface area (Å²) in [5.74, 6) is -0.387. The Labute approximate surface area is 146 Å². The largest absolute Gasteiger partial charge is 0.313 e. The smallest absolute Gasteiger partial charge is 0.205 e. The lowest BCUT2D eigenvalue weighted by molar-refractivity contribution is 0.0928. The standard InChI is InChI=1S/C20H17NO3S/c1-2-20(15-9-4-3-5-10-15)19(22)17-12-8-14-21(17)16-11-6-7-13-18(16)25(20,23)24/h3-14H,2H2,1H3. The van der Waals surface area contributed by atoms with Crippen LogP contribution in [-0.2, 0) is 14.6 Å². The number of carbonyl (C=O) groups is 1. The number of hydrogen-bond acceptors (Lipinski definition) is 3. The van der Waals surface area contributed by atoms with Gasteiger partial charge >= 0.3 is 0 Å². The van der Waals surface area contributed by atoms with Crippen LogP contribution < -0.4 is 0 Å². The first-order valence-electron chi connectivity index (χ1n) is 8.16. The van der Waals surface area contributed by atoms with Crippen molar-refractivity contribution in [2.45, 2.75) is 23.0 Å². The Bertz CT molecular complexity index is 1070. The predicted molar refractivity (Wildman–Crippen MR) is 95.7 cm³/mol. The van der Waals surface area contributed by atoms with Gasteiger partial charge in [-0.3, -0.25) is 4.79 Å². The molecule has 2 heterocycles. The van der Waals surface area contributed by atoms with Gasteiger partial charge < -0.3 is 4.57 Å². The van der Waals surface area contributed by atoms with Gasteiger partial charge in [0.15, 0.2) is 14.6 Å². The molecular weight excluding hydrogens is 334 g/mol. The summed E-state index contributed by atoms with van der Waals surface area (Å²) >= 11 is 0. The van der Waals surface area contributed by atoms with Gasteiger partial charge in [0, 0.05) is 6.20 Å². The first-order valence-corrected chi connectivity index (χ1v) is 9.64. The van der Waals surface area contributed by atoms with Crippen LogP contribution in [-0.4, -0.2) is 18.8 Å². The van der Waals surface area contributed by atoms with Crippen LogP contribution in [0.25, 0.3) is 5.69 Å². The molecule has 0 aliphatic carbocycles. The van der Waals surface area contributed by atoms with E-state index in [1.807, 2.05) is 6.07 Å². The van der Waals surface area contributed by atoms with E-state index >= 15 is 0 Å². The average Bonchev–Trinajstić information content (AvgIpc) is 3.11. The summed E-state index contributed by atoms with van der Waals surface area (Å²) in [7, 11) is -3.94. The van der Waals surface area contributed by atoms with E-state index < -0.39 is 14.6 Å². The van der Waals surface area contributed by atoms with Crippen molar-refractivity contribution in [3.8, 4) is 5.69 Å². The van der Waals surface area contributed by atoms with Crippen molar-refractivity contribution in [2.75, 3.05) is 0 Å². The summed E-state index contributed by atoms with van der Waals surface area (Å²) in [4.78, 5) is 13.7. The van der Waals surface area contributed by atoms with Gasteiger partial charge in [-0.2, -0.15) is 0 Å². The first-order chi connectivity index (χ1) is 12.0. The third-order valence-corrected chi connectivity index (χ3v) is 7.51. The van der Waals surface area contributed by atoms with Crippen LogP contribution in [0.3, 0.4) is 0 Å². The van der Waals surface area contributed by atoms with E-state index in [2.05, 4.69) is 0 Å². The summed E-state index contributed by atoms with van der Waals surface area (Å²) in [5, 5.41) is 0. The number of benzene rings is 2. The van der Waals surface area contributed by atoms with Crippen LogP contribution in [0.15, 0.2) is 77.8 Å². The Morgan fingerprint density at radius 2 is 1.60 bits per heavy atom. The molecule has 126 valence electrons. The van der Waals surface area contributed by atoms with Crippen molar-refractivity contribution in [2.24, 2.45) is 0 Å². The number of carbonyl (C=O) groups excluding carboxylic acids is 1. The fourth-order valence-corrected chi connectivity index (χ4v) is 5.97. The van der Waals surface area contributed by atoms with E-state index in [4.69, 9.17) is 0 Å². The van der Waals surface area contributed by atoms with Crippen LogP contribution in [0.5, 0.6) is 0 Å². The Hall–Kier alpha value is -2.66. The number of Topliss-reactive ketones (excluding diaryl/α,β-unsaturated/α-hetero) is 1. The van der Waals surface area contributed by atoms with E-state index in [9.17, 15) is 13.2 Å². The molecule has 0 N–H and O–H groups in total. The molecule has 4 nitrogen and oxygen atoms in total. The van der Waals surface area contributed by atoms with Gasteiger partial charge in [0.2, 0.25) is 5.78 Å². The minimum atomic E-state index is -3.94. The lowest BCUT2D eigenvalue weighted by Crippen LogP contribution is -2.42. The minimum Gasteiger partial charge on any atom is -0.313 e. The normalized spacial score (nSPS) is 21.2. The summed E-state index contributed by atoms with van der Waals surface area (Å²) in [6, 6.07) is 19.1. The molecule has 0 fully saturated rings. The Morgan fingerprint density at radius 1 is 0.920 bits per heavy atom. The number of nitrogens with zero attached hydrogens (tertiary/aromatic N) is 1. The molecule has 0 saturated carbocycles. The summed E-state index contributed by atoms with van der Waals surface area (Å²) in [5.41, 5.74) is 1.41. The Kier molecular flexibility index (Phi) is 3.44. The third-order valence-electron chi connectivity index (χ3n) is 4.96. The molecule has 0 saturated heterocycles. The van der Waals surface area contributed by atoms with E-state index in [1.165, 1.54) is 0 Å². The highest BCUT2D eigenvalue weighted by Gasteiger charge is 2.54. The lowest BCUT2D eigenvalue weighted by atomic mass is 9.89. The topological polar surface area (TPSA) is 56.1 Å². The number of ketones is 1. The van der Waals surface area contributed by atoms with Crippen LogP contribution in [0.1, 0.15) is 29.4 Å². The van der Waals surface area contributed by atoms with Gasteiger partial charge in [-0.15, -0.1) is 0 Å². The number of hydrogen-bond donors (Lipinski definition) is 0. The van der Waals surface area contributed by atoms with Gasteiger partial charge in [0.05, 0.1) is 16.3 Å². The van der Waals surface area contributed by atoms with Crippen LogP contribution in [0.2, 0.25) is 0 Å². The van der Waals surface area contributed by atoms with Crippen molar-refractivity contribution in [3.05, 3.63) is 84.2 Å². The van der Waals surface area contributed by atoms with Gasteiger partial charge in [-0.05, 0) is 36.2 Å². The molecule has 4 rings (SSSR count). The van der Waals surface area contributed by atoms with Crippen LogP contribution in [0.4, 0.5) is 0 Å². The third kappa shape index (κ3) is 1.93. The SMILES string of the molecule is CCC1(c2ccccc2)C(=O)c2cccn2-c2ccccc2S1(=O)=O. The molecule has 5 heteroatoms. The van der Waals surface area contributed by atoms with E-state index in [0.29, 0.717) is 16.9 Å². The summed E-state index contributed by atoms with van der Waals surface area (Å²) < 4.78 is 27.5. The second-order valence-corrected chi connectivity index (χ2v) is 8.25. The summed E-state index contributed by atoms with van der Waals surface area (Å²) in [6.07, 6.45) is 1.90. The molecule has 25 heavy (non-hydrogen) atoms. The number of rotatable bonds is 2. The molecule has 1 aromatic heterocycles. The quantitative estimate of drug-likeness (QED) is 0.706. The zero-order valence-electron chi connectivity index (χ0n) is 13.7. The predicted octanol–water partition coefficient (Wildman–Crippen LogP) is 3.75. The zero-order valence-corrected chi connectivity index (χ0v) is 14.5. The number of aromatic nitrogens is 1. The number of sulfone groups is 1. The lowest BCUT2D eigenvalue weighted by Gasteiger charge is -2.30. The maximum absolute atomic E-state index is 13.7. The highest BCUT2D eigenvalue weighted by molar-refractivity contribution is 7.93. The second-order valence-electron chi connectivity index (χ2n) is 6.11. The molecule has 3 aromatic rings. The molecule has 0 amide bonds. The van der Waals surface area contributed by atoms with Crippen LogP contribution >= 0.6 is 0 Å². The molecule has 0 spiro atoms. The Morgan fingerprint density at radius 3 is 2.32 bits per heavy atom. The van der Waals surface area contributed by atoms with Gasteiger partial charge in [-0.1, -0.05) is 49.4 Å². The molecule has 1 aliphatic heterocycles. The van der Waals surface area contributed by atoms with E-state index in [-0.39, 0.29) is 17.1 Å². The molecule has 2 aromatic carbocycles. The molecule has 0 bridgehead atoms. The van der Waals surface area contributed by atoms with Gasteiger partial charge in [0.25, 0.3) is 0 Å². The first kappa shape index (κ1) is 15.8. The van der Waals surface area contributed by atoms with Crippen molar-refractivity contribution in [1.29, 1.82) is 0 Å². The highest BCUT2D eigenvalue weighted by Crippen LogP contribution is 2.45. The molecule has 1 atom stereocenters. The van der Waals surface area contributed by atoms with E-state index in [0.717, 1.165) is 0 Å². The molecular formula is C20H17NO3S. The Balaban J connectivity index is 2.19. The molecule has 1 aliphatic rings. The van der Waals surface area contributed by atoms with E-state index in [1.54, 1.807) is 78.4 Å². The molecule has 0 radical (unpaired) electrons. The monoisotopic (exact) mass is 351 g/mol. The van der Waals surface area contributed by atoms with Crippen molar-refractivity contribution in [3.63, 3.8) is 0 Å². The van der Waals surface area contributed by atoms with Gasteiger partial charge in [-0.25, -0.2) is 8.42 Å². The zero-order chi connectivity index (χ0) is 17.7. The van der Waals surface area contributed by atoms with Crippen molar-refractivity contribution >= 4 is 15.6 Å². The number of fused-ring (bicyclic) bond motifs is 3. The average molecular weight is 351 g/mol. The maximum atomic E-state index is 13.7. The summed E-state index contributed by atoms with van der Waals surface area (Å²) in [6.45, 7) is 1.75. The van der Waals surface area contributed by atoms with Crippen LogP contribution in [0, 0.1) is 0 Å². The second kappa shape index (κ2) is 5.43. The van der Waals surface area contributed by atoms with Crippen molar-refractivity contribution in [1.82, 2.24) is 4.57 Å².